The van der Waals surface area contributed by atoms with Gasteiger partial charge in [0.05, 0.1) is 19.7 Å². The minimum atomic E-state index is -0.213. The molecule has 0 spiro atoms. The number of hydrogen-bond acceptors (Lipinski definition) is 5. The Morgan fingerprint density at radius 3 is 2.88 bits per heavy atom. The fraction of sp³-hybridized carbons (Fsp3) is 0.471. The third-order valence-corrected chi connectivity index (χ3v) is 4.15. The second-order valence-electron chi connectivity index (χ2n) is 6.16. The number of morpholine rings is 1. The number of nitrogens with zero attached hydrogens (tertiary/aromatic N) is 5. The SMILES string of the molecule is CN(CC(=O)N1CCO[C@@H](c2nncn2C)C1)Cc1ccccc1. The molecule has 0 unspecified atom stereocenters. The van der Waals surface area contributed by atoms with E-state index in [-0.39, 0.29) is 12.0 Å². The summed E-state index contributed by atoms with van der Waals surface area (Å²) in [4.78, 5) is 16.5. The summed E-state index contributed by atoms with van der Waals surface area (Å²) in [5.41, 5.74) is 1.20. The van der Waals surface area contributed by atoms with Crippen molar-refractivity contribution in [2.24, 2.45) is 7.05 Å². The summed E-state index contributed by atoms with van der Waals surface area (Å²) >= 11 is 0. The number of benzene rings is 1. The molecule has 0 saturated carbocycles. The van der Waals surface area contributed by atoms with Gasteiger partial charge in [0.25, 0.3) is 0 Å². The van der Waals surface area contributed by atoms with Crippen molar-refractivity contribution in [3.8, 4) is 0 Å². The number of hydrogen-bond donors (Lipinski definition) is 0. The minimum absolute atomic E-state index is 0.115. The second-order valence-corrected chi connectivity index (χ2v) is 6.16. The third kappa shape index (κ3) is 3.98. The summed E-state index contributed by atoms with van der Waals surface area (Å²) in [6.07, 6.45) is 1.43. The molecule has 7 heteroatoms. The van der Waals surface area contributed by atoms with Crippen LogP contribution >= 0.6 is 0 Å². The van der Waals surface area contributed by atoms with E-state index < -0.39 is 0 Å². The quantitative estimate of drug-likeness (QED) is 0.814. The summed E-state index contributed by atoms with van der Waals surface area (Å²) < 4.78 is 7.59. The molecule has 0 aliphatic carbocycles. The van der Waals surface area contributed by atoms with Gasteiger partial charge in [-0.2, -0.15) is 0 Å². The van der Waals surface area contributed by atoms with E-state index in [1.54, 1.807) is 6.33 Å². The number of carbonyl (C=O) groups is 1. The molecule has 7 nitrogen and oxygen atoms in total. The van der Waals surface area contributed by atoms with Crippen molar-refractivity contribution < 1.29 is 9.53 Å². The summed E-state index contributed by atoms with van der Waals surface area (Å²) in [6.45, 7) is 2.80. The Balaban J connectivity index is 1.55. The summed E-state index contributed by atoms with van der Waals surface area (Å²) in [7, 11) is 3.85. The van der Waals surface area contributed by atoms with Gasteiger partial charge in [-0.25, -0.2) is 0 Å². The predicted molar refractivity (Wildman–Crippen MR) is 89.1 cm³/mol. The molecule has 2 aromatic rings. The van der Waals surface area contributed by atoms with Gasteiger partial charge in [-0.1, -0.05) is 30.3 Å². The Hall–Kier alpha value is -2.25. The number of aromatic nitrogens is 3. The molecule has 1 aromatic heterocycles. The molecular weight excluding hydrogens is 306 g/mol. The predicted octanol–water partition coefficient (Wildman–Crippen LogP) is 0.847. The second kappa shape index (κ2) is 7.55. The third-order valence-electron chi connectivity index (χ3n) is 4.15. The van der Waals surface area contributed by atoms with Crippen LogP contribution in [0.25, 0.3) is 0 Å². The highest BCUT2D eigenvalue weighted by Gasteiger charge is 2.28. The molecule has 24 heavy (non-hydrogen) atoms. The molecule has 1 atom stereocenters. The first-order valence-corrected chi connectivity index (χ1v) is 8.09. The summed E-state index contributed by atoms with van der Waals surface area (Å²) in [5, 5.41) is 7.97. The van der Waals surface area contributed by atoms with Crippen LogP contribution in [0.5, 0.6) is 0 Å². The zero-order valence-corrected chi connectivity index (χ0v) is 14.1. The van der Waals surface area contributed by atoms with Gasteiger partial charge < -0.3 is 14.2 Å². The van der Waals surface area contributed by atoms with E-state index in [9.17, 15) is 4.79 Å². The molecule has 3 rings (SSSR count). The molecular formula is C17H23N5O2. The van der Waals surface area contributed by atoms with Crippen molar-refractivity contribution in [1.29, 1.82) is 0 Å². The van der Waals surface area contributed by atoms with Gasteiger partial charge in [-0.05, 0) is 12.6 Å². The number of amides is 1. The van der Waals surface area contributed by atoms with Crippen molar-refractivity contribution in [1.82, 2.24) is 24.6 Å². The largest absolute Gasteiger partial charge is 0.366 e. The number of carbonyl (C=O) groups excluding carboxylic acids is 1. The van der Waals surface area contributed by atoms with Crippen LogP contribution < -0.4 is 0 Å². The highest BCUT2D eigenvalue weighted by molar-refractivity contribution is 5.78. The van der Waals surface area contributed by atoms with Crippen molar-refractivity contribution in [2.75, 3.05) is 33.3 Å². The number of aryl methyl sites for hydroxylation is 1. The van der Waals surface area contributed by atoms with Gasteiger partial charge in [-0.3, -0.25) is 9.69 Å². The Morgan fingerprint density at radius 1 is 1.38 bits per heavy atom. The van der Waals surface area contributed by atoms with Crippen molar-refractivity contribution in [2.45, 2.75) is 12.6 Å². The zero-order chi connectivity index (χ0) is 16.9. The van der Waals surface area contributed by atoms with Crippen LogP contribution in [0.4, 0.5) is 0 Å². The Kier molecular flexibility index (Phi) is 5.22. The van der Waals surface area contributed by atoms with Crippen molar-refractivity contribution in [3.63, 3.8) is 0 Å². The number of rotatable bonds is 5. The van der Waals surface area contributed by atoms with Crippen LogP contribution in [-0.4, -0.2) is 63.8 Å². The van der Waals surface area contributed by atoms with Gasteiger partial charge in [0.2, 0.25) is 5.91 Å². The highest BCUT2D eigenvalue weighted by Crippen LogP contribution is 2.20. The summed E-state index contributed by atoms with van der Waals surface area (Å²) in [6, 6.07) is 10.2. The van der Waals surface area contributed by atoms with E-state index >= 15 is 0 Å². The van der Waals surface area contributed by atoms with Crippen LogP contribution in [0.1, 0.15) is 17.5 Å². The number of ether oxygens (including phenoxy) is 1. The normalized spacial score (nSPS) is 18.1. The van der Waals surface area contributed by atoms with Crippen LogP contribution in [0.3, 0.4) is 0 Å². The lowest BCUT2D eigenvalue weighted by atomic mass is 10.2. The average molecular weight is 329 g/mol. The van der Waals surface area contributed by atoms with Gasteiger partial charge in [0, 0.05) is 20.1 Å². The van der Waals surface area contributed by atoms with E-state index in [1.807, 2.05) is 46.7 Å². The first-order valence-electron chi connectivity index (χ1n) is 8.09. The lowest BCUT2D eigenvalue weighted by molar-refractivity contribution is -0.140. The fourth-order valence-corrected chi connectivity index (χ4v) is 2.90. The van der Waals surface area contributed by atoms with Crippen molar-refractivity contribution >= 4 is 5.91 Å². The fourth-order valence-electron chi connectivity index (χ4n) is 2.90. The van der Waals surface area contributed by atoms with Gasteiger partial charge in [-0.15, -0.1) is 10.2 Å². The van der Waals surface area contributed by atoms with Gasteiger partial charge in [0.15, 0.2) is 5.82 Å². The maximum Gasteiger partial charge on any atom is 0.236 e. The Bertz CT molecular complexity index is 673. The maximum atomic E-state index is 12.6. The van der Waals surface area contributed by atoms with Crippen LogP contribution in [0, 0.1) is 0 Å². The van der Waals surface area contributed by atoms with E-state index in [2.05, 4.69) is 22.3 Å². The Morgan fingerprint density at radius 2 is 2.17 bits per heavy atom. The van der Waals surface area contributed by atoms with Crippen LogP contribution in [-0.2, 0) is 23.1 Å². The van der Waals surface area contributed by atoms with Crippen LogP contribution in [0.2, 0.25) is 0 Å². The summed E-state index contributed by atoms with van der Waals surface area (Å²) in [5.74, 6) is 0.869. The first kappa shape index (κ1) is 16.6. The molecule has 0 radical (unpaired) electrons. The smallest absolute Gasteiger partial charge is 0.236 e. The molecule has 0 N–H and O–H groups in total. The molecule has 1 amide bonds. The standard InChI is InChI=1S/C17H23N5O2/c1-20(10-14-6-4-3-5-7-14)12-16(23)22-8-9-24-15(11-22)17-19-18-13-21(17)2/h3-7,13,15H,8-12H2,1-2H3/t15-/m1/s1. The lowest BCUT2D eigenvalue weighted by Gasteiger charge is -2.33. The molecule has 1 aliphatic heterocycles. The number of likely N-dealkylation sites (N-methyl/N-ethyl adjacent to an activating group) is 1. The molecule has 128 valence electrons. The average Bonchev–Trinajstić information content (AvgIpc) is 3.02. The van der Waals surface area contributed by atoms with Gasteiger partial charge in [0.1, 0.15) is 12.4 Å². The monoisotopic (exact) mass is 329 g/mol. The van der Waals surface area contributed by atoms with E-state index in [0.29, 0.717) is 26.2 Å². The molecule has 1 aromatic carbocycles. The van der Waals surface area contributed by atoms with E-state index in [1.165, 1.54) is 5.56 Å². The lowest BCUT2D eigenvalue weighted by Crippen LogP contribution is -2.46. The topological polar surface area (TPSA) is 63.5 Å². The molecule has 1 fully saturated rings. The zero-order valence-electron chi connectivity index (χ0n) is 14.1. The molecule has 1 aliphatic rings. The minimum Gasteiger partial charge on any atom is -0.366 e. The molecule has 0 bridgehead atoms. The van der Waals surface area contributed by atoms with Gasteiger partial charge >= 0.3 is 0 Å². The van der Waals surface area contributed by atoms with Crippen molar-refractivity contribution in [3.05, 3.63) is 48.0 Å². The highest BCUT2D eigenvalue weighted by atomic mass is 16.5. The van der Waals surface area contributed by atoms with Crippen LogP contribution in [0.15, 0.2) is 36.7 Å². The molecule has 2 heterocycles. The van der Waals surface area contributed by atoms with E-state index in [4.69, 9.17) is 4.74 Å². The van der Waals surface area contributed by atoms with E-state index in [0.717, 1.165) is 12.4 Å². The molecule has 1 saturated heterocycles. The maximum absolute atomic E-state index is 12.6. The first-order chi connectivity index (χ1) is 11.6. The Labute approximate surface area is 141 Å².